The fourth-order valence-corrected chi connectivity index (χ4v) is 10.4. The second-order valence-corrected chi connectivity index (χ2v) is 17.1. The molecule has 2 aliphatic carbocycles. The van der Waals surface area contributed by atoms with Crippen LogP contribution in [0.3, 0.4) is 0 Å². The zero-order valence-corrected chi connectivity index (χ0v) is 34.3. The molecule has 288 valence electrons. The van der Waals surface area contributed by atoms with E-state index in [-0.39, 0.29) is 5.41 Å². The number of fused-ring (bicyclic) bond motifs is 6. The molecule has 0 heterocycles. The predicted molar refractivity (Wildman–Crippen MR) is 255 cm³/mol. The summed E-state index contributed by atoms with van der Waals surface area (Å²) in [4.78, 5) is 2.45. The first kappa shape index (κ1) is 36.1. The van der Waals surface area contributed by atoms with E-state index in [4.69, 9.17) is 0 Å². The number of rotatable bonds is 7. The van der Waals surface area contributed by atoms with Gasteiger partial charge in [0.25, 0.3) is 0 Å². The minimum atomic E-state index is -0.164. The molecule has 9 aromatic carbocycles. The molecule has 1 nitrogen and oxygen atoms in total. The van der Waals surface area contributed by atoms with E-state index in [0.717, 1.165) is 23.5 Å². The van der Waals surface area contributed by atoms with Crippen molar-refractivity contribution in [3.8, 4) is 55.6 Å². The second kappa shape index (κ2) is 14.7. The van der Waals surface area contributed by atoms with Crippen LogP contribution in [0.4, 0.5) is 17.1 Å². The highest BCUT2D eigenvalue weighted by Gasteiger charge is 2.37. The van der Waals surface area contributed by atoms with Crippen LogP contribution in [0.5, 0.6) is 0 Å². The van der Waals surface area contributed by atoms with Gasteiger partial charge in [0, 0.05) is 22.5 Å². The first-order chi connectivity index (χ1) is 29.5. The second-order valence-electron chi connectivity index (χ2n) is 17.1. The van der Waals surface area contributed by atoms with Crippen LogP contribution in [0, 0.1) is 0 Å². The Hall–Kier alpha value is -6.96. The normalized spacial score (nSPS) is 13.7. The smallest absolute Gasteiger partial charge is 0.0465 e. The monoisotopic (exact) mass is 769 g/mol. The van der Waals surface area contributed by atoms with Crippen molar-refractivity contribution in [3.05, 3.63) is 222 Å². The van der Waals surface area contributed by atoms with E-state index in [1.165, 1.54) is 108 Å². The van der Waals surface area contributed by atoms with E-state index >= 15 is 0 Å². The van der Waals surface area contributed by atoms with E-state index in [9.17, 15) is 0 Å². The molecule has 60 heavy (non-hydrogen) atoms. The van der Waals surface area contributed by atoms with Gasteiger partial charge < -0.3 is 4.90 Å². The fraction of sp³-hybridized carbons (Fsp3) is 0.119. The molecule has 11 rings (SSSR count). The van der Waals surface area contributed by atoms with Crippen molar-refractivity contribution in [2.45, 2.75) is 44.9 Å². The number of hydrogen-bond donors (Lipinski definition) is 0. The van der Waals surface area contributed by atoms with E-state index in [1.807, 2.05) is 0 Å². The Kier molecular flexibility index (Phi) is 8.85. The lowest BCUT2D eigenvalue weighted by Crippen LogP contribution is -2.17. The molecule has 1 heteroatoms. The van der Waals surface area contributed by atoms with Gasteiger partial charge >= 0.3 is 0 Å². The molecular formula is C59H47N. The van der Waals surface area contributed by atoms with E-state index < -0.39 is 0 Å². The summed E-state index contributed by atoms with van der Waals surface area (Å²) in [5.74, 6) is 0. The fourth-order valence-electron chi connectivity index (χ4n) is 10.4. The molecule has 0 N–H and O–H groups in total. The van der Waals surface area contributed by atoms with Crippen LogP contribution in [0.25, 0.3) is 66.4 Å². The average molecular weight is 770 g/mol. The third kappa shape index (κ3) is 6.08. The van der Waals surface area contributed by atoms with Crippen molar-refractivity contribution in [2.75, 3.05) is 4.90 Å². The van der Waals surface area contributed by atoms with Gasteiger partial charge in [0.15, 0.2) is 0 Å². The standard InChI is InChI=1S/C59H47N/c1-59(2)56-39-48(36-38-54(56)55-37-31-43-20-10-12-23-53(43)58(55)59)60(46-32-27-44(28-33-46)50-24-13-21-40-19-9-11-22-49(40)50)47-34-29-45(30-35-47)57-51(41-15-5-3-6-16-41)25-14-26-52(57)42-17-7-4-8-18-42/h3-8,10,12-18,20-21,23-39H,9,11,19,22H2,1-2H3. The van der Waals surface area contributed by atoms with Gasteiger partial charge in [-0.3, -0.25) is 0 Å². The Morgan fingerprint density at radius 1 is 0.400 bits per heavy atom. The van der Waals surface area contributed by atoms with Crippen LogP contribution >= 0.6 is 0 Å². The third-order valence-corrected chi connectivity index (χ3v) is 13.3. The van der Waals surface area contributed by atoms with Crippen LogP contribution in [0.2, 0.25) is 0 Å². The summed E-state index contributed by atoms with van der Waals surface area (Å²) in [6.45, 7) is 4.80. The highest BCUT2D eigenvalue weighted by Crippen LogP contribution is 2.53. The zero-order chi connectivity index (χ0) is 40.2. The molecule has 0 fully saturated rings. The van der Waals surface area contributed by atoms with Gasteiger partial charge in [-0.15, -0.1) is 0 Å². The van der Waals surface area contributed by atoms with Gasteiger partial charge in [-0.25, -0.2) is 0 Å². The van der Waals surface area contributed by atoms with Gasteiger partial charge in [-0.05, 0) is 151 Å². The van der Waals surface area contributed by atoms with E-state index in [2.05, 4.69) is 219 Å². The Balaban J connectivity index is 1.05. The summed E-state index contributed by atoms with van der Waals surface area (Å²) in [5.41, 5.74) is 21.8. The Morgan fingerprint density at radius 2 is 0.950 bits per heavy atom. The number of hydrogen-bond acceptors (Lipinski definition) is 1. The lowest BCUT2D eigenvalue weighted by Gasteiger charge is -2.29. The first-order valence-corrected chi connectivity index (χ1v) is 21.6. The minimum Gasteiger partial charge on any atom is -0.310 e. The summed E-state index contributed by atoms with van der Waals surface area (Å²) >= 11 is 0. The van der Waals surface area contributed by atoms with Crippen LogP contribution in [0.15, 0.2) is 200 Å². The molecule has 0 bridgehead atoms. The maximum atomic E-state index is 2.46. The number of nitrogens with zero attached hydrogens (tertiary/aromatic N) is 1. The van der Waals surface area contributed by atoms with Gasteiger partial charge in [-0.1, -0.05) is 178 Å². The van der Waals surface area contributed by atoms with Gasteiger partial charge in [0.1, 0.15) is 0 Å². The Labute approximate surface area is 354 Å². The lowest BCUT2D eigenvalue weighted by atomic mass is 9.80. The topological polar surface area (TPSA) is 3.24 Å². The quantitative estimate of drug-likeness (QED) is 0.156. The maximum absolute atomic E-state index is 2.46. The summed E-state index contributed by atoms with van der Waals surface area (Å²) in [5, 5.41) is 2.64. The molecule has 0 spiro atoms. The SMILES string of the molecule is CC1(C)c2cc(N(c3ccc(-c4cccc5c4CCCC5)cc3)c3ccc(-c4c(-c5ccccc5)cccc4-c4ccccc4)cc3)ccc2-c2ccc3ccccc3c21. The van der Waals surface area contributed by atoms with Gasteiger partial charge in [-0.2, -0.15) is 0 Å². The maximum Gasteiger partial charge on any atom is 0.0465 e. The molecule has 9 aromatic rings. The number of anilines is 3. The van der Waals surface area contributed by atoms with Crippen LogP contribution in [-0.4, -0.2) is 0 Å². The van der Waals surface area contributed by atoms with Crippen molar-refractivity contribution < 1.29 is 0 Å². The molecule has 2 aliphatic rings. The first-order valence-electron chi connectivity index (χ1n) is 21.6. The highest BCUT2D eigenvalue weighted by molar-refractivity contribution is 5.99. The Morgan fingerprint density at radius 3 is 1.65 bits per heavy atom. The molecule has 0 aromatic heterocycles. The summed E-state index contributed by atoms with van der Waals surface area (Å²) in [6, 6.07) is 74.4. The van der Waals surface area contributed by atoms with Crippen molar-refractivity contribution in [2.24, 2.45) is 0 Å². The zero-order valence-electron chi connectivity index (χ0n) is 34.3. The molecular weight excluding hydrogens is 723 g/mol. The molecule has 0 atom stereocenters. The number of benzene rings is 9. The highest BCUT2D eigenvalue weighted by atomic mass is 15.1. The third-order valence-electron chi connectivity index (χ3n) is 13.3. The van der Waals surface area contributed by atoms with Gasteiger partial charge in [0.05, 0.1) is 0 Å². The average Bonchev–Trinajstić information content (AvgIpc) is 3.55. The van der Waals surface area contributed by atoms with Crippen LogP contribution < -0.4 is 4.90 Å². The van der Waals surface area contributed by atoms with Crippen molar-refractivity contribution in [3.63, 3.8) is 0 Å². The van der Waals surface area contributed by atoms with Crippen molar-refractivity contribution >= 4 is 27.8 Å². The summed E-state index contributed by atoms with van der Waals surface area (Å²) in [7, 11) is 0. The van der Waals surface area contributed by atoms with Crippen molar-refractivity contribution in [1.82, 2.24) is 0 Å². The minimum absolute atomic E-state index is 0.164. The molecule has 0 saturated carbocycles. The van der Waals surface area contributed by atoms with Crippen LogP contribution in [-0.2, 0) is 18.3 Å². The molecule has 0 aliphatic heterocycles. The predicted octanol–water partition coefficient (Wildman–Crippen LogP) is 16.2. The molecule has 0 radical (unpaired) electrons. The largest absolute Gasteiger partial charge is 0.310 e. The summed E-state index contributed by atoms with van der Waals surface area (Å²) < 4.78 is 0. The molecule has 0 amide bonds. The van der Waals surface area contributed by atoms with Crippen LogP contribution in [0.1, 0.15) is 48.9 Å². The molecule has 0 unspecified atom stereocenters. The van der Waals surface area contributed by atoms with E-state index in [0.29, 0.717) is 0 Å². The Bertz CT molecular complexity index is 2970. The van der Waals surface area contributed by atoms with Gasteiger partial charge in [0.2, 0.25) is 0 Å². The summed E-state index contributed by atoms with van der Waals surface area (Å²) in [6.07, 6.45) is 4.89. The number of aryl methyl sites for hydroxylation is 1. The lowest BCUT2D eigenvalue weighted by molar-refractivity contribution is 0.666. The van der Waals surface area contributed by atoms with E-state index in [1.54, 1.807) is 0 Å². The van der Waals surface area contributed by atoms with Crippen molar-refractivity contribution in [1.29, 1.82) is 0 Å². The molecule has 0 saturated heterocycles.